The average Bonchev–Trinajstić information content (AvgIpc) is 2.48. The van der Waals surface area contributed by atoms with Crippen LogP contribution in [0.25, 0.3) is 0 Å². The molecule has 0 heterocycles. The van der Waals surface area contributed by atoms with Crippen molar-refractivity contribution in [2.75, 3.05) is 33.0 Å². The third-order valence-corrected chi connectivity index (χ3v) is 2.96. The van der Waals surface area contributed by atoms with E-state index in [0.717, 1.165) is 6.42 Å². The minimum absolute atomic E-state index is 0.0178. The lowest BCUT2D eigenvalue weighted by molar-refractivity contribution is -0.143. The van der Waals surface area contributed by atoms with E-state index in [1.807, 2.05) is 30.3 Å². The van der Waals surface area contributed by atoms with Crippen molar-refractivity contribution in [2.24, 2.45) is 0 Å². The third-order valence-electron chi connectivity index (χ3n) is 2.96. The van der Waals surface area contributed by atoms with Gasteiger partial charge in [0.1, 0.15) is 0 Å². The van der Waals surface area contributed by atoms with Gasteiger partial charge in [-0.05, 0) is 18.9 Å². The summed E-state index contributed by atoms with van der Waals surface area (Å²) < 4.78 is 10.2. The molecule has 2 N–H and O–H groups in total. The Hall–Kier alpha value is -1.43. The van der Waals surface area contributed by atoms with Gasteiger partial charge in [0.15, 0.2) is 0 Å². The second-order valence-corrected chi connectivity index (χ2v) is 4.69. The minimum Gasteiger partial charge on any atom is -0.466 e. The summed E-state index contributed by atoms with van der Waals surface area (Å²) in [5.41, 5.74) is 1.18. The number of rotatable bonds is 11. The van der Waals surface area contributed by atoms with Crippen LogP contribution in [0.1, 0.15) is 18.9 Å². The lowest BCUT2D eigenvalue weighted by Gasteiger charge is -2.18. The van der Waals surface area contributed by atoms with E-state index in [2.05, 4.69) is 5.32 Å². The van der Waals surface area contributed by atoms with Crippen LogP contribution in [-0.2, 0) is 20.7 Å². The quantitative estimate of drug-likeness (QED) is 0.473. The number of esters is 1. The molecule has 0 amide bonds. The largest absolute Gasteiger partial charge is 0.466 e. The number of hydrogen-bond donors (Lipinski definition) is 2. The first-order valence-electron chi connectivity index (χ1n) is 7.37. The Labute approximate surface area is 126 Å². The van der Waals surface area contributed by atoms with Crippen molar-refractivity contribution in [3.05, 3.63) is 35.9 Å². The molecular weight excluding hydrogens is 270 g/mol. The van der Waals surface area contributed by atoms with Gasteiger partial charge in [-0.2, -0.15) is 0 Å². The fourth-order valence-corrected chi connectivity index (χ4v) is 2.04. The van der Waals surface area contributed by atoms with Crippen LogP contribution in [0, 0.1) is 0 Å². The molecule has 0 saturated carbocycles. The molecular formula is C16H25NO4. The van der Waals surface area contributed by atoms with Crippen LogP contribution in [0.2, 0.25) is 0 Å². The summed E-state index contributed by atoms with van der Waals surface area (Å²) in [4.78, 5) is 11.7. The Morgan fingerprint density at radius 2 is 2.05 bits per heavy atom. The van der Waals surface area contributed by atoms with E-state index in [1.165, 1.54) is 5.56 Å². The standard InChI is InChI=1S/C16H25NO4/c1-2-21-16(19)13-15(17-8-10-20-11-9-18)12-14-6-4-3-5-7-14/h3-7,15,17-18H,2,8-13H2,1H3. The first-order valence-corrected chi connectivity index (χ1v) is 7.37. The number of hydrogen-bond acceptors (Lipinski definition) is 5. The Kier molecular flexibility index (Phi) is 9.44. The summed E-state index contributed by atoms with van der Waals surface area (Å²) in [5.74, 6) is -0.192. The summed E-state index contributed by atoms with van der Waals surface area (Å²) in [6.45, 7) is 3.71. The molecule has 0 aliphatic heterocycles. The van der Waals surface area contributed by atoms with Crippen LogP contribution in [0.3, 0.4) is 0 Å². The van der Waals surface area contributed by atoms with Gasteiger partial charge >= 0.3 is 5.97 Å². The number of carbonyl (C=O) groups is 1. The second-order valence-electron chi connectivity index (χ2n) is 4.69. The van der Waals surface area contributed by atoms with Crippen molar-refractivity contribution in [3.8, 4) is 0 Å². The van der Waals surface area contributed by atoms with Gasteiger partial charge in [0.05, 0.1) is 32.8 Å². The monoisotopic (exact) mass is 295 g/mol. The highest BCUT2D eigenvalue weighted by Crippen LogP contribution is 2.06. The Bertz CT molecular complexity index is 383. The van der Waals surface area contributed by atoms with Gasteiger partial charge in [-0.15, -0.1) is 0 Å². The molecule has 1 rings (SSSR count). The molecule has 0 fully saturated rings. The minimum atomic E-state index is -0.192. The molecule has 0 spiro atoms. The highest BCUT2D eigenvalue weighted by molar-refractivity contribution is 5.70. The van der Waals surface area contributed by atoms with E-state index >= 15 is 0 Å². The van der Waals surface area contributed by atoms with Gasteiger partial charge in [0.2, 0.25) is 0 Å². The SMILES string of the molecule is CCOC(=O)CC(Cc1ccccc1)NCCOCCO. The molecule has 21 heavy (non-hydrogen) atoms. The van der Waals surface area contributed by atoms with Crippen molar-refractivity contribution >= 4 is 5.97 Å². The molecule has 5 heteroatoms. The molecule has 0 aliphatic carbocycles. The average molecular weight is 295 g/mol. The van der Waals surface area contributed by atoms with E-state index in [4.69, 9.17) is 14.6 Å². The number of ether oxygens (including phenoxy) is 2. The van der Waals surface area contributed by atoms with Gasteiger partial charge in [0, 0.05) is 12.6 Å². The van der Waals surface area contributed by atoms with E-state index in [0.29, 0.717) is 32.8 Å². The second kappa shape index (κ2) is 11.3. The normalized spacial score (nSPS) is 12.1. The Morgan fingerprint density at radius 1 is 1.29 bits per heavy atom. The summed E-state index contributed by atoms with van der Waals surface area (Å²) in [6.07, 6.45) is 1.10. The number of aliphatic hydroxyl groups is 1. The fraction of sp³-hybridized carbons (Fsp3) is 0.562. The highest BCUT2D eigenvalue weighted by atomic mass is 16.5. The van der Waals surface area contributed by atoms with Crippen LogP contribution in [0.5, 0.6) is 0 Å². The molecule has 118 valence electrons. The molecule has 1 aromatic carbocycles. The van der Waals surface area contributed by atoms with Gasteiger partial charge in [-0.1, -0.05) is 30.3 Å². The van der Waals surface area contributed by atoms with Crippen LogP contribution in [0.4, 0.5) is 0 Å². The fourth-order valence-electron chi connectivity index (χ4n) is 2.04. The van der Waals surface area contributed by atoms with Crippen molar-refractivity contribution in [3.63, 3.8) is 0 Å². The van der Waals surface area contributed by atoms with Crippen LogP contribution in [0.15, 0.2) is 30.3 Å². The van der Waals surface area contributed by atoms with Crippen molar-refractivity contribution in [2.45, 2.75) is 25.8 Å². The van der Waals surface area contributed by atoms with Crippen LogP contribution < -0.4 is 5.32 Å². The number of nitrogens with one attached hydrogen (secondary N) is 1. The molecule has 0 bridgehead atoms. The number of benzene rings is 1. The predicted molar refractivity (Wildman–Crippen MR) is 81.1 cm³/mol. The summed E-state index contributed by atoms with van der Waals surface area (Å²) >= 11 is 0. The molecule has 0 radical (unpaired) electrons. The highest BCUT2D eigenvalue weighted by Gasteiger charge is 2.14. The Morgan fingerprint density at radius 3 is 2.71 bits per heavy atom. The van der Waals surface area contributed by atoms with E-state index in [1.54, 1.807) is 6.92 Å². The molecule has 1 unspecified atom stereocenters. The van der Waals surface area contributed by atoms with E-state index < -0.39 is 0 Å². The molecule has 1 aromatic rings. The first kappa shape index (κ1) is 17.6. The lowest BCUT2D eigenvalue weighted by atomic mass is 10.0. The van der Waals surface area contributed by atoms with Gasteiger partial charge in [-0.3, -0.25) is 4.79 Å². The third kappa shape index (κ3) is 8.45. The lowest BCUT2D eigenvalue weighted by Crippen LogP contribution is -2.36. The van der Waals surface area contributed by atoms with Crippen molar-refractivity contribution < 1.29 is 19.4 Å². The van der Waals surface area contributed by atoms with Crippen LogP contribution >= 0.6 is 0 Å². The molecule has 1 atom stereocenters. The summed E-state index contributed by atoms with van der Waals surface area (Å²) in [7, 11) is 0. The van der Waals surface area contributed by atoms with E-state index in [-0.39, 0.29) is 18.6 Å². The van der Waals surface area contributed by atoms with Gasteiger partial charge in [0.25, 0.3) is 0 Å². The summed E-state index contributed by atoms with van der Waals surface area (Å²) in [6, 6.07) is 10.1. The maximum atomic E-state index is 11.7. The molecule has 5 nitrogen and oxygen atoms in total. The maximum absolute atomic E-state index is 11.7. The van der Waals surface area contributed by atoms with Gasteiger partial charge in [-0.25, -0.2) is 0 Å². The number of aliphatic hydroxyl groups excluding tert-OH is 1. The topological polar surface area (TPSA) is 67.8 Å². The van der Waals surface area contributed by atoms with Crippen LogP contribution in [-0.4, -0.2) is 50.1 Å². The zero-order valence-corrected chi connectivity index (χ0v) is 12.6. The molecule has 0 aliphatic rings. The first-order chi connectivity index (χ1) is 10.3. The smallest absolute Gasteiger partial charge is 0.307 e. The molecule has 0 saturated heterocycles. The van der Waals surface area contributed by atoms with Gasteiger partial charge < -0.3 is 19.9 Å². The molecule has 0 aromatic heterocycles. The number of carbonyl (C=O) groups excluding carboxylic acids is 1. The van der Waals surface area contributed by atoms with Crippen molar-refractivity contribution in [1.29, 1.82) is 0 Å². The predicted octanol–water partition coefficient (Wildman–Crippen LogP) is 1.15. The van der Waals surface area contributed by atoms with E-state index in [9.17, 15) is 4.79 Å². The van der Waals surface area contributed by atoms with Crippen molar-refractivity contribution in [1.82, 2.24) is 5.32 Å². The zero-order valence-electron chi connectivity index (χ0n) is 12.6. The summed E-state index contributed by atoms with van der Waals surface area (Å²) in [5, 5.41) is 12.0. The Balaban J connectivity index is 2.43. The zero-order chi connectivity index (χ0) is 15.3. The maximum Gasteiger partial charge on any atom is 0.307 e.